The second-order valence-electron chi connectivity index (χ2n) is 5.11. The van der Waals surface area contributed by atoms with Crippen molar-refractivity contribution in [1.82, 2.24) is 5.43 Å². The summed E-state index contributed by atoms with van der Waals surface area (Å²) in [6.07, 6.45) is 1.91. The first-order valence-corrected chi connectivity index (χ1v) is 7.34. The molecule has 0 saturated carbocycles. The van der Waals surface area contributed by atoms with Crippen molar-refractivity contribution < 1.29 is 9.47 Å². The van der Waals surface area contributed by atoms with Crippen LogP contribution in [0.2, 0.25) is 0 Å². The van der Waals surface area contributed by atoms with Crippen molar-refractivity contribution in [2.24, 2.45) is 5.10 Å². The molecule has 0 aliphatic rings. The zero-order valence-corrected chi connectivity index (χ0v) is 13.2. The van der Waals surface area contributed by atoms with Crippen molar-refractivity contribution in [3.8, 4) is 11.5 Å². The number of hydrazone groups is 1. The number of nitrogens with one attached hydrogen (secondary N) is 1. The predicted octanol–water partition coefficient (Wildman–Crippen LogP) is 3.61. The van der Waals surface area contributed by atoms with Crippen LogP contribution < -0.4 is 14.9 Å². The van der Waals surface area contributed by atoms with Crippen molar-refractivity contribution in [1.29, 1.82) is 0 Å². The van der Waals surface area contributed by atoms with Crippen LogP contribution in [-0.4, -0.2) is 19.4 Å². The van der Waals surface area contributed by atoms with Crippen LogP contribution in [0.3, 0.4) is 0 Å². The van der Waals surface area contributed by atoms with Gasteiger partial charge in [-0.15, -0.1) is 0 Å². The van der Waals surface area contributed by atoms with E-state index in [0.29, 0.717) is 6.54 Å². The SMILES string of the molecule is COc1ccccc1CN/N=C\c1ccccc1OC(C)C. The summed E-state index contributed by atoms with van der Waals surface area (Å²) in [6.45, 7) is 4.62. The van der Waals surface area contributed by atoms with Gasteiger partial charge in [-0.2, -0.15) is 5.10 Å². The fourth-order valence-corrected chi connectivity index (χ4v) is 2.04. The van der Waals surface area contributed by atoms with Gasteiger partial charge < -0.3 is 14.9 Å². The normalized spacial score (nSPS) is 10.9. The summed E-state index contributed by atoms with van der Waals surface area (Å²) in [5.41, 5.74) is 5.05. The summed E-state index contributed by atoms with van der Waals surface area (Å²) in [6, 6.07) is 15.7. The molecule has 0 radical (unpaired) electrons. The first-order valence-electron chi connectivity index (χ1n) is 7.34. The Bertz CT molecular complexity index is 624. The van der Waals surface area contributed by atoms with Crippen LogP contribution in [0.25, 0.3) is 0 Å². The minimum absolute atomic E-state index is 0.135. The van der Waals surface area contributed by atoms with E-state index in [9.17, 15) is 0 Å². The van der Waals surface area contributed by atoms with Gasteiger partial charge in [0.05, 0.1) is 26.0 Å². The fraction of sp³-hybridized carbons (Fsp3) is 0.278. The van der Waals surface area contributed by atoms with E-state index >= 15 is 0 Å². The van der Waals surface area contributed by atoms with Crippen LogP contribution >= 0.6 is 0 Å². The summed E-state index contributed by atoms with van der Waals surface area (Å²) < 4.78 is 11.1. The third-order valence-electron chi connectivity index (χ3n) is 3.04. The summed E-state index contributed by atoms with van der Waals surface area (Å²) in [4.78, 5) is 0. The van der Waals surface area contributed by atoms with Crippen LogP contribution in [-0.2, 0) is 6.54 Å². The van der Waals surface area contributed by atoms with Gasteiger partial charge in [-0.1, -0.05) is 30.3 Å². The lowest BCUT2D eigenvalue weighted by atomic mass is 10.2. The molecule has 4 nitrogen and oxygen atoms in total. The number of benzene rings is 2. The van der Waals surface area contributed by atoms with Crippen LogP contribution in [0, 0.1) is 0 Å². The Morgan fingerprint density at radius 3 is 2.45 bits per heavy atom. The van der Waals surface area contributed by atoms with E-state index in [1.165, 1.54) is 0 Å². The highest BCUT2D eigenvalue weighted by Gasteiger charge is 2.03. The molecule has 0 fully saturated rings. The van der Waals surface area contributed by atoms with Gasteiger partial charge in [0.1, 0.15) is 11.5 Å². The number of nitrogens with zero attached hydrogens (tertiary/aromatic N) is 1. The van der Waals surface area contributed by atoms with Crippen molar-refractivity contribution in [3.05, 3.63) is 59.7 Å². The van der Waals surface area contributed by atoms with Crippen molar-refractivity contribution in [2.45, 2.75) is 26.5 Å². The molecule has 1 N–H and O–H groups in total. The van der Waals surface area contributed by atoms with Gasteiger partial charge in [-0.05, 0) is 32.0 Å². The maximum Gasteiger partial charge on any atom is 0.128 e. The van der Waals surface area contributed by atoms with E-state index in [4.69, 9.17) is 9.47 Å². The average molecular weight is 298 g/mol. The third-order valence-corrected chi connectivity index (χ3v) is 3.04. The largest absolute Gasteiger partial charge is 0.496 e. The first-order chi connectivity index (χ1) is 10.7. The first kappa shape index (κ1) is 15.9. The number of rotatable bonds is 7. The summed E-state index contributed by atoms with van der Waals surface area (Å²) in [5.74, 6) is 1.69. The average Bonchev–Trinajstić information content (AvgIpc) is 2.53. The summed E-state index contributed by atoms with van der Waals surface area (Å²) in [7, 11) is 1.67. The second kappa shape index (κ2) is 8.08. The Kier molecular flexibility index (Phi) is 5.83. The molecule has 0 heterocycles. The Labute approximate surface area is 131 Å². The lowest BCUT2D eigenvalue weighted by Crippen LogP contribution is -2.09. The zero-order valence-electron chi connectivity index (χ0n) is 13.2. The summed E-state index contributed by atoms with van der Waals surface area (Å²) in [5, 5.41) is 4.27. The van der Waals surface area contributed by atoms with E-state index in [-0.39, 0.29) is 6.10 Å². The lowest BCUT2D eigenvalue weighted by Gasteiger charge is -2.11. The van der Waals surface area contributed by atoms with E-state index < -0.39 is 0 Å². The lowest BCUT2D eigenvalue weighted by molar-refractivity contribution is 0.242. The molecule has 4 heteroatoms. The van der Waals surface area contributed by atoms with Gasteiger partial charge >= 0.3 is 0 Å². The van der Waals surface area contributed by atoms with E-state index in [1.807, 2.05) is 62.4 Å². The maximum atomic E-state index is 5.76. The van der Waals surface area contributed by atoms with Gasteiger partial charge in [-0.3, -0.25) is 0 Å². The van der Waals surface area contributed by atoms with E-state index in [1.54, 1.807) is 13.3 Å². The number of para-hydroxylation sites is 2. The Hall–Kier alpha value is -2.49. The Balaban J connectivity index is 1.98. The molecule has 2 rings (SSSR count). The Morgan fingerprint density at radius 2 is 1.73 bits per heavy atom. The number of methoxy groups -OCH3 is 1. The van der Waals surface area contributed by atoms with E-state index in [0.717, 1.165) is 22.6 Å². The minimum Gasteiger partial charge on any atom is -0.496 e. The molecular weight excluding hydrogens is 276 g/mol. The quantitative estimate of drug-likeness (QED) is 0.627. The Morgan fingerprint density at radius 1 is 1.05 bits per heavy atom. The molecule has 0 amide bonds. The fourth-order valence-electron chi connectivity index (χ4n) is 2.04. The summed E-state index contributed by atoms with van der Waals surface area (Å²) >= 11 is 0. The molecular formula is C18H22N2O2. The van der Waals surface area contributed by atoms with Gasteiger partial charge in [0.15, 0.2) is 0 Å². The molecule has 0 bridgehead atoms. The molecule has 0 atom stereocenters. The molecule has 2 aromatic carbocycles. The molecule has 22 heavy (non-hydrogen) atoms. The monoisotopic (exact) mass is 298 g/mol. The predicted molar refractivity (Wildman–Crippen MR) is 89.6 cm³/mol. The van der Waals surface area contributed by atoms with Gasteiger partial charge in [0.25, 0.3) is 0 Å². The standard InChI is InChI=1S/C18H22N2O2/c1-14(2)22-18-11-7-5-9-16(18)13-20-19-12-15-8-4-6-10-17(15)21-3/h4-11,13-14,19H,12H2,1-3H3/b20-13-. The van der Waals surface area contributed by atoms with Crippen molar-refractivity contribution in [3.63, 3.8) is 0 Å². The zero-order chi connectivity index (χ0) is 15.8. The molecule has 0 unspecified atom stereocenters. The highest BCUT2D eigenvalue weighted by molar-refractivity contribution is 5.83. The number of ether oxygens (including phenoxy) is 2. The smallest absolute Gasteiger partial charge is 0.128 e. The molecule has 2 aromatic rings. The molecule has 0 saturated heterocycles. The van der Waals surface area contributed by atoms with Crippen LogP contribution in [0.5, 0.6) is 11.5 Å². The third kappa shape index (κ3) is 4.52. The van der Waals surface area contributed by atoms with Crippen molar-refractivity contribution >= 4 is 6.21 Å². The van der Waals surface area contributed by atoms with Crippen LogP contribution in [0.1, 0.15) is 25.0 Å². The van der Waals surface area contributed by atoms with Gasteiger partial charge in [0, 0.05) is 11.1 Å². The number of hydrogen-bond donors (Lipinski definition) is 1. The maximum absolute atomic E-state index is 5.76. The second-order valence-corrected chi connectivity index (χ2v) is 5.11. The highest BCUT2D eigenvalue weighted by Crippen LogP contribution is 2.18. The van der Waals surface area contributed by atoms with Crippen LogP contribution in [0.15, 0.2) is 53.6 Å². The van der Waals surface area contributed by atoms with Crippen molar-refractivity contribution in [2.75, 3.05) is 7.11 Å². The molecule has 0 spiro atoms. The van der Waals surface area contributed by atoms with Gasteiger partial charge in [0.2, 0.25) is 0 Å². The van der Waals surface area contributed by atoms with Crippen LogP contribution in [0.4, 0.5) is 0 Å². The molecule has 0 aromatic heterocycles. The molecule has 0 aliphatic carbocycles. The molecule has 0 aliphatic heterocycles. The minimum atomic E-state index is 0.135. The topological polar surface area (TPSA) is 42.8 Å². The highest BCUT2D eigenvalue weighted by atomic mass is 16.5. The van der Waals surface area contributed by atoms with Gasteiger partial charge in [-0.25, -0.2) is 0 Å². The number of hydrogen-bond acceptors (Lipinski definition) is 4. The van der Waals surface area contributed by atoms with E-state index in [2.05, 4.69) is 10.5 Å². The molecule has 116 valence electrons.